The van der Waals surface area contributed by atoms with Crippen molar-refractivity contribution in [2.45, 2.75) is 45.8 Å². The summed E-state index contributed by atoms with van der Waals surface area (Å²) >= 11 is 0. The van der Waals surface area contributed by atoms with Crippen LogP contribution in [0.1, 0.15) is 27.7 Å². The number of amides is 4. The summed E-state index contributed by atoms with van der Waals surface area (Å²) in [5.74, 6) is -2.42. The number of nitrogens with zero attached hydrogens (tertiary/aromatic N) is 2. The van der Waals surface area contributed by atoms with Crippen molar-refractivity contribution >= 4 is 30.0 Å². The van der Waals surface area contributed by atoms with Crippen LogP contribution in [-0.4, -0.2) is 84.6 Å². The van der Waals surface area contributed by atoms with Gasteiger partial charge in [0.1, 0.15) is 12.1 Å². The molecule has 1 saturated heterocycles. The van der Waals surface area contributed by atoms with Crippen molar-refractivity contribution in [3.8, 4) is 0 Å². The van der Waals surface area contributed by atoms with Crippen LogP contribution in [0, 0.1) is 5.92 Å². The number of carbonyl (C=O) groups excluding carboxylic acids is 5. The van der Waals surface area contributed by atoms with Crippen LogP contribution in [0.2, 0.25) is 0 Å². The number of hydrogen-bond donors (Lipinski definition) is 2. The summed E-state index contributed by atoms with van der Waals surface area (Å²) in [6, 6.07) is -2.87. The Labute approximate surface area is 184 Å². The zero-order chi connectivity index (χ0) is 24.0. The molecule has 0 aromatic carbocycles. The van der Waals surface area contributed by atoms with Crippen molar-refractivity contribution < 1.29 is 43.0 Å². The maximum Gasteiger partial charge on any atom is 0.410 e. The van der Waals surface area contributed by atoms with E-state index < -0.39 is 61.5 Å². The highest BCUT2D eigenvalue weighted by molar-refractivity contribution is 5.90. The second-order valence-electron chi connectivity index (χ2n) is 7.50. The molecule has 178 valence electrons. The maximum atomic E-state index is 12.4. The molecule has 2 aliphatic heterocycles. The first-order chi connectivity index (χ1) is 15.1. The fourth-order valence-corrected chi connectivity index (χ4v) is 3.34. The molecule has 0 spiro atoms. The zero-order valence-corrected chi connectivity index (χ0v) is 18.4. The summed E-state index contributed by atoms with van der Waals surface area (Å²) in [4.78, 5) is 66.1. The second-order valence-corrected chi connectivity index (χ2v) is 7.50. The molecule has 2 aliphatic rings. The van der Waals surface area contributed by atoms with Gasteiger partial charge in [-0.2, -0.15) is 5.06 Å². The number of urea groups is 1. The van der Waals surface area contributed by atoms with Crippen LogP contribution in [0.15, 0.2) is 11.6 Å². The van der Waals surface area contributed by atoms with Crippen LogP contribution in [0.4, 0.5) is 9.59 Å². The molecule has 1 fully saturated rings. The predicted octanol–water partition coefficient (Wildman–Crippen LogP) is -0.347. The minimum Gasteiger partial charge on any atom is -0.464 e. The molecule has 0 aliphatic carbocycles. The van der Waals surface area contributed by atoms with Crippen LogP contribution in [-0.2, 0) is 33.4 Å². The minimum atomic E-state index is -0.972. The van der Waals surface area contributed by atoms with E-state index in [2.05, 4.69) is 5.32 Å². The third kappa shape index (κ3) is 5.87. The average Bonchev–Trinajstić information content (AvgIpc) is 2.94. The molecular formula is C19H28N4O9. The molecule has 2 bridgehead atoms. The molecule has 2 rings (SSSR count). The Morgan fingerprint density at radius 1 is 1.22 bits per heavy atom. The first-order valence-corrected chi connectivity index (χ1v) is 10.0. The summed E-state index contributed by atoms with van der Waals surface area (Å²) < 4.78 is 14.4. The number of esters is 2. The van der Waals surface area contributed by atoms with E-state index >= 15 is 0 Å². The molecule has 32 heavy (non-hydrogen) atoms. The van der Waals surface area contributed by atoms with Crippen LogP contribution in [0.3, 0.4) is 0 Å². The predicted molar refractivity (Wildman–Crippen MR) is 106 cm³/mol. The monoisotopic (exact) mass is 456 g/mol. The first kappa shape index (κ1) is 24.9. The third-order valence-corrected chi connectivity index (χ3v) is 4.80. The highest BCUT2D eigenvalue weighted by atomic mass is 16.7. The van der Waals surface area contributed by atoms with Crippen molar-refractivity contribution in [2.24, 2.45) is 11.7 Å². The summed E-state index contributed by atoms with van der Waals surface area (Å²) in [7, 11) is 0. The normalized spacial score (nSPS) is 20.5. The molecule has 13 heteroatoms. The van der Waals surface area contributed by atoms with E-state index in [4.69, 9.17) is 24.8 Å². The molecule has 0 saturated carbocycles. The van der Waals surface area contributed by atoms with Crippen LogP contribution in [0.25, 0.3) is 0 Å². The van der Waals surface area contributed by atoms with Crippen LogP contribution < -0.4 is 11.1 Å². The number of primary amides is 1. The Balaban J connectivity index is 1.76. The summed E-state index contributed by atoms with van der Waals surface area (Å²) in [6.07, 6.45) is 0.699. The zero-order valence-electron chi connectivity index (χ0n) is 18.4. The van der Waals surface area contributed by atoms with E-state index in [-0.39, 0.29) is 19.1 Å². The molecular weight excluding hydrogens is 428 g/mol. The number of rotatable bonds is 10. The van der Waals surface area contributed by atoms with Gasteiger partial charge in [0, 0.05) is 0 Å². The summed E-state index contributed by atoms with van der Waals surface area (Å²) in [5.41, 5.74) is 5.96. The number of hydroxylamine groups is 2. The van der Waals surface area contributed by atoms with Gasteiger partial charge in [-0.25, -0.2) is 19.2 Å². The quantitative estimate of drug-likeness (QED) is 0.254. The standard InChI is InChI=1S/C19H28N4O9/c1-5-29-17(26)14(10(2)3)21-18(27)31-9-30-13(24)8-32-23-12-6-11(4)15(16(20)25)22(7-12)19(23)28/h6,10,12,14-15H,5,7-9H2,1-4H3,(H2,20,25)(H,21,27)/t12-,14?,15-/m0/s1. The largest absolute Gasteiger partial charge is 0.464 e. The number of ether oxygens (including phenoxy) is 3. The van der Waals surface area contributed by atoms with E-state index in [1.54, 1.807) is 33.8 Å². The molecule has 13 nitrogen and oxygen atoms in total. The molecule has 0 radical (unpaired) electrons. The van der Waals surface area contributed by atoms with Crippen molar-refractivity contribution in [1.82, 2.24) is 15.3 Å². The van der Waals surface area contributed by atoms with Gasteiger partial charge in [0.25, 0.3) is 0 Å². The number of nitrogens with two attached hydrogens (primary N) is 1. The molecule has 3 atom stereocenters. The van der Waals surface area contributed by atoms with Crippen molar-refractivity contribution in [3.05, 3.63) is 11.6 Å². The Hall–Kier alpha value is -3.35. The average molecular weight is 456 g/mol. The Morgan fingerprint density at radius 3 is 2.50 bits per heavy atom. The number of hydrogen-bond acceptors (Lipinski definition) is 9. The van der Waals surface area contributed by atoms with Gasteiger partial charge in [0.2, 0.25) is 12.7 Å². The minimum absolute atomic E-state index is 0.160. The lowest BCUT2D eigenvalue weighted by Crippen LogP contribution is -2.48. The van der Waals surface area contributed by atoms with Gasteiger partial charge in [0.05, 0.1) is 19.2 Å². The fraction of sp³-hybridized carbons (Fsp3) is 0.632. The summed E-state index contributed by atoms with van der Waals surface area (Å²) in [5, 5.41) is 3.31. The fourth-order valence-electron chi connectivity index (χ4n) is 3.34. The van der Waals surface area contributed by atoms with E-state index in [1.165, 1.54) is 4.90 Å². The lowest BCUT2D eigenvalue weighted by Gasteiger charge is -2.27. The second kappa shape index (κ2) is 10.8. The van der Waals surface area contributed by atoms with Gasteiger partial charge in [-0.15, -0.1) is 0 Å². The van der Waals surface area contributed by atoms with E-state index in [9.17, 15) is 24.0 Å². The Morgan fingerprint density at radius 2 is 1.91 bits per heavy atom. The topological polar surface area (TPSA) is 167 Å². The highest BCUT2D eigenvalue weighted by Crippen LogP contribution is 2.29. The smallest absolute Gasteiger partial charge is 0.410 e. The van der Waals surface area contributed by atoms with E-state index in [0.29, 0.717) is 5.57 Å². The van der Waals surface area contributed by atoms with Crippen molar-refractivity contribution in [1.29, 1.82) is 0 Å². The number of alkyl carbamates (subject to hydrolysis) is 1. The van der Waals surface area contributed by atoms with Gasteiger partial charge in [0.15, 0.2) is 6.61 Å². The summed E-state index contributed by atoms with van der Waals surface area (Å²) in [6.45, 7) is 5.74. The first-order valence-electron chi connectivity index (χ1n) is 10.0. The van der Waals surface area contributed by atoms with Gasteiger partial charge >= 0.3 is 24.1 Å². The molecule has 0 aromatic rings. The molecule has 4 amide bonds. The van der Waals surface area contributed by atoms with Crippen LogP contribution >= 0.6 is 0 Å². The maximum absolute atomic E-state index is 12.4. The van der Waals surface area contributed by atoms with Crippen molar-refractivity contribution in [3.63, 3.8) is 0 Å². The van der Waals surface area contributed by atoms with Gasteiger partial charge in [-0.05, 0) is 25.3 Å². The lowest BCUT2D eigenvalue weighted by atomic mass is 10.0. The highest BCUT2D eigenvalue weighted by Gasteiger charge is 2.47. The number of nitrogens with one attached hydrogen (secondary N) is 1. The molecule has 2 heterocycles. The van der Waals surface area contributed by atoms with E-state index in [1.807, 2.05) is 0 Å². The number of carbonyl (C=O) groups is 5. The molecule has 0 aromatic heterocycles. The molecule has 3 N–H and O–H groups in total. The van der Waals surface area contributed by atoms with Gasteiger partial charge < -0.3 is 30.2 Å². The Bertz CT molecular complexity index is 798. The molecule has 1 unspecified atom stereocenters. The Kier molecular flexibility index (Phi) is 8.41. The SMILES string of the molecule is CCOC(=O)C(NC(=O)OCOC(=O)CON1C(=O)N2C[C@@H]1C=C(C)[C@H]2C(N)=O)C(C)C. The van der Waals surface area contributed by atoms with Crippen molar-refractivity contribution in [2.75, 3.05) is 26.6 Å². The van der Waals surface area contributed by atoms with Gasteiger partial charge in [-0.1, -0.05) is 19.9 Å². The van der Waals surface area contributed by atoms with Gasteiger partial charge in [-0.3, -0.25) is 9.63 Å². The lowest BCUT2D eigenvalue weighted by molar-refractivity contribution is -0.176. The van der Waals surface area contributed by atoms with Crippen LogP contribution in [0.5, 0.6) is 0 Å². The number of fused-ring (bicyclic) bond motifs is 2. The third-order valence-electron chi connectivity index (χ3n) is 4.80. The van der Waals surface area contributed by atoms with E-state index in [0.717, 1.165) is 5.06 Å².